The molecule has 104 valence electrons. The molecule has 20 heavy (non-hydrogen) atoms. The molecule has 0 aliphatic rings. The summed E-state index contributed by atoms with van der Waals surface area (Å²) in [5, 5.41) is 0.0753. The Morgan fingerprint density at radius 3 is 2.45 bits per heavy atom. The number of Topliss-reactive ketones (excluding diaryl/α,β-unsaturated/α-hetero) is 1. The van der Waals surface area contributed by atoms with Crippen LogP contribution in [0, 0.1) is 24.4 Å². The number of hydrogen-bond acceptors (Lipinski definition) is 1. The molecule has 0 unspecified atom stereocenters. The molecule has 0 saturated carbocycles. The van der Waals surface area contributed by atoms with Crippen LogP contribution in [-0.4, -0.2) is 5.78 Å². The van der Waals surface area contributed by atoms with Crippen LogP contribution in [0.2, 0.25) is 5.02 Å². The van der Waals surface area contributed by atoms with E-state index in [9.17, 15) is 18.0 Å². The first-order valence-corrected chi connectivity index (χ1v) is 6.19. The van der Waals surface area contributed by atoms with Gasteiger partial charge in [0.2, 0.25) is 0 Å². The molecule has 0 fully saturated rings. The van der Waals surface area contributed by atoms with E-state index in [1.807, 2.05) is 0 Å². The molecule has 2 aromatic rings. The van der Waals surface area contributed by atoms with Crippen LogP contribution in [0.5, 0.6) is 0 Å². The van der Waals surface area contributed by atoms with Gasteiger partial charge in [-0.25, -0.2) is 13.2 Å². The summed E-state index contributed by atoms with van der Waals surface area (Å²) in [7, 11) is 0. The van der Waals surface area contributed by atoms with E-state index < -0.39 is 23.2 Å². The number of benzene rings is 2. The van der Waals surface area contributed by atoms with Gasteiger partial charge in [0.05, 0.1) is 5.56 Å². The predicted molar refractivity (Wildman–Crippen MR) is 70.5 cm³/mol. The molecular weight excluding hydrogens is 289 g/mol. The SMILES string of the molecule is Cc1ccc(C(=O)Cc2ccc(F)cc2Cl)c(F)c1F. The lowest BCUT2D eigenvalue weighted by Crippen LogP contribution is -2.09. The zero-order chi connectivity index (χ0) is 14.9. The van der Waals surface area contributed by atoms with E-state index in [-0.39, 0.29) is 22.6 Å². The topological polar surface area (TPSA) is 17.1 Å². The molecule has 5 heteroatoms. The van der Waals surface area contributed by atoms with Crippen molar-refractivity contribution in [3.63, 3.8) is 0 Å². The second kappa shape index (κ2) is 5.67. The standard InChI is InChI=1S/C15H10ClF3O/c1-8-2-5-11(15(19)14(8)18)13(20)6-9-3-4-10(17)7-12(9)16/h2-5,7H,6H2,1H3. The molecule has 2 aromatic carbocycles. The highest BCUT2D eigenvalue weighted by Crippen LogP contribution is 2.21. The zero-order valence-electron chi connectivity index (χ0n) is 10.5. The second-order valence-electron chi connectivity index (χ2n) is 4.39. The van der Waals surface area contributed by atoms with E-state index in [2.05, 4.69) is 0 Å². The molecule has 0 bridgehead atoms. The Morgan fingerprint density at radius 1 is 1.10 bits per heavy atom. The maximum Gasteiger partial charge on any atom is 0.170 e. The van der Waals surface area contributed by atoms with Crippen LogP contribution in [0.3, 0.4) is 0 Å². The highest BCUT2D eigenvalue weighted by atomic mass is 35.5. The normalized spacial score (nSPS) is 10.7. The third-order valence-corrected chi connectivity index (χ3v) is 3.29. The minimum atomic E-state index is -1.17. The van der Waals surface area contributed by atoms with Gasteiger partial charge in [0.1, 0.15) is 5.82 Å². The minimum absolute atomic E-state index is 0.0753. The lowest BCUT2D eigenvalue weighted by Gasteiger charge is -2.07. The first-order valence-electron chi connectivity index (χ1n) is 5.82. The molecule has 2 rings (SSSR count). The molecule has 0 aliphatic heterocycles. The van der Waals surface area contributed by atoms with Crippen LogP contribution in [0.15, 0.2) is 30.3 Å². The molecule has 0 radical (unpaired) electrons. The van der Waals surface area contributed by atoms with Crippen LogP contribution in [0.25, 0.3) is 0 Å². The zero-order valence-corrected chi connectivity index (χ0v) is 11.3. The molecule has 0 atom stereocenters. The first-order chi connectivity index (χ1) is 9.40. The maximum absolute atomic E-state index is 13.7. The molecule has 0 spiro atoms. The van der Waals surface area contributed by atoms with Gasteiger partial charge >= 0.3 is 0 Å². The highest BCUT2D eigenvalue weighted by Gasteiger charge is 2.18. The monoisotopic (exact) mass is 298 g/mol. The number of ketones is 1. The summed E-state index contributed by atoms with van der Waals surface area (Å²) in [6.45, 7) is 1.41. The van der Waals surface area contributed by atoms with Gasteiger partial charge in [0, 0.05) is 11.4 Å². The molecule has 0 amide bonds. The van der Waals surface area contributed by atoms with Crippen molar-refractivity contribution in [1.29, 1.82) is 0 Å². The van der Waals surface area contributed by atoms with Crippen molar-refractivity contribution in [3.05, 3.63) is 69.5 Å². The Morgan fingerprint density at radius 2 is 1.80 bits per heavy atom. The number of hydrogen-bond donors (Lipinski definition) is 0. The fourth-order valence-corrected chi connectivity index (χ4v) is 2.03. The van der Waals surface area contributed by atoms with E-state index in [1.54, 1.807) is 0 Å². The van der Waals surface area contributed by atoms with Gasteiger partial charge in [0.15, 0.2) is 17.4 Å². The van der Waals surface area contributed by atoms with E-state index in [1.165, 1.54) is 25.1 Å². The summed E-state index contributed by atoms with van der Waals surface area (Å²) >= 11 is 5.80. The Bertz CT molecular complexity index is 683. The van der Waals surface area contributed by atoms with Gasteiger partial charge < -0.3 is 0 Å². The van der Waals surface area contributed by atoms with Crippen molar-refractivity contribution in [1.82, 2.24) is 0 Å². The minimum Gasteiger partial charge on any atom is -0.294 e. The summed E-state index contributed by atoms with van der Waals surface area (Å²) in [4.78, 5) is 12.0. The van der Waals surface area contributed by atoms with Crippen molar-refractivity contribution in [2.75, 3.05) is 0 Å². The van der Waals surface area contributed by atoms with Crippen molar-refractivity contribution >= 4 is 17.4 Å². The van der Waals surface area contributed by atoms with Crippen molar-refractivity contribution in [2.24, 2.45) is 0 Å². The van der Waals surface area contributed by atoms with Crippen molar-refractivity contribution in [3.8, 4) is 0 Å². The molecule has 1 nitrogen and oxygen atoms in total. The van der Waals surface area contributed by atoms with Gasteiger partial charge in [-0.15, -0.1) is 0 Å². The first kappa shape index (κ1) is 14.6. The van der Waals surface area contributed by atoms with Crippen molar-refractivity contribution in [2.45, 2.75) is 13.3 Å². The van der Waals surface area contributed by atoms with Crippen LogP contribution in [0.4, 0.5) is 13.2 Å². The largest absolute Gasteiger partial charge is 0.294 e. The van der Waals surface area contributed by atoms with Gasteiger partial charge in [-0.3, -0.25) is 4.79 Å². The van der Waals surface area contributed by atoms with E-state index >= 15 is 0 Å². The van der Waals surface area contributed by atoms with Crippen LogP contribution >= 0.6 is 11.6 Å². The van der Waals surface area contributed by atoms with Crippen LogP contribution < -0.4 is 0 Å². The number of carbonyl (C=O) groups excluding carboxylic acids is 1. The van der Waals surface area contributed by atoms with E-state index in [0.717, 1.165) is 12.1 Å². The van der Waals surface area contributed by atoms with Crippen LogP contribution in [0.1, 0.15) is 21.5 Å². The highest BCUT2D eigenvalue weighted by molar-refractivity contribution is 6.31. The molecule has 0 aliphatic carbocycles. The fraction of sp³-hybridized carbons (Fsp3) is 0.133. The summed E-state index contributed by atoms with van der Waals surface area (Å²) in [6.07, 6.45) is -0.224. The Kier molecular flexibility index (Phi) is 4.14. The van der Waals surface area contributed by atoms with E-state index in [0.29, 0.717) is 5.56 Å². The molecule has 0 N–H and O–H groups in total. The van der Waals surface area contributed by atoms with Crippen LogP contribution in [-0.2, 0) is 6.42 Å². The summed E-state index contributed by atoms with van der Waals surface area (Å²) in [5.41, 5.74) is 0.144. The number of carbonyl (C=O) groups is 1. The van der Waals surface area contributed by atoms with Crippen molar-refractivity contribution < 1.29 is 18.0 Å². The third-order valence-electron chi connectivity index (χ3n) is 2.94. The Labute approximate surface area is 119 Å². The third kappa shape index (κ3) is 2.85. The molecule has 0 aromatic heterocycles. The lowest BCUT2D eigenvalue weighted by atomic mass is 10.0. The second-order valence-corrected chi connectivity index (χ2v) is 4.80. The van der Waals surface area contributed by atoms with Gasteiger partial charge in [-0.05, 0) is 36.2 Å². The molecule has 0 heterocycles. The number of rotatable bonds is 3. The average Bonchev–Trinajstić information content (AvgIpc) is 2.39. The number of aryl methyl sites for hydroxylation is 1. The van der Waals surface area contributed by atoms with Gasteiger partial charge in [-0.2, -0.15) is 0 Å². The quantitative estimate of drug-likeness (QED) is 0.763. The summed E-state index contributed by atoms with van der Waals surface area (Å²) in [6, 6.07) is 6.13. The number of halogens is 4. The molecule has 0 saturated heterocycles. The average molecular weight is 299 g/mol. The maximum atomic E-state index is 13.7. The van der Waals surface area contributed by atoms with Gasteiger partial charge in [-0.1, -0.05) is 23.7 Å². The predicted octanol–water partition coefficient (Wildman–Crippen LogP) is 4.49. The Balaban J connectivity index is 2.31. The van der Waals surface area contributed by atoms with E-state index in [4.69, 9.17) is 11.6 Å². The fourth-order valence-electron chi connectivity index (χ4n) is 1.79. The molecular formula is C15H10ClF3O. The summed E-state index contributed by atoms with van der Waals surface area (Å²) < 4.78 is 40.0. The summed E-state index contributed by atoms with van der Waals surface area (Å²) in [5.74, 6) is -3.36. The lowest BCUT2D eigenvalue weighted by molar-refractivity contribution is 0.0988. The Hall–Kier alpha value is -1.81. The smallest absolute Gasteiger partial charge is 0.170 e. The van der Waals surface area contributed by atoms with Gasteiger partial charge in [0.25, 0.3) is 0 Å².